The van der Waals surface area contributed by atoms with Crippen molar-refractivity contribution in [3.63, 3.8) is 0 Å². The Labute approximate surface area is 141 Å². The molecule has 1 heterocycles. The van der Waals surface area contributed by atoms with Gasteiger partial charge >= 0.3 is 10.0 Å². The summed E-state index contributed by atoms with van der Waals surface area (Å²) in [6.45, 7) is 5.81. The van der Waals surface area contributed by atoms with Gasteiger partial charge in [0.15, 0.2) is 17.2 Å². The summed E-state index contributed by atoms with van der Waals surface area (Å²) < 4.78 is 36.5. The molecule has 128 valence electrons. The number of fused-ring (bicyclic) bond motifs is 1. The summed E-state index contributed by atoms with van der Waals surface area (Å²) in [4.78, 5) is 4.35. The van der Waals surface area contributed by atoms with Crippen LogP contribution in [0.4, 0.5) is 0 Å². The molecule has 1 aromatic carbocycles. The minimum absolute atomic E-state index is 0.0185. The lowest BCUT2D eigenvalue weighted by Crippen LogP contribution is -2.46. The summed E-state index contributed by atoms with van der Waals surface area (Å²) >= 11 is 6.20. The number of methoxy groups -OCH3 is 1. The monoisotopic (exact) mass is 361 g/mol. The fourth-order valence-corrected chi connectivity index (χ4v) is 4.01. The van der Waals surface area contributed by atoms with Gasteiger partial charge < -0.3 is 9.15 Å². The number of quaternary nitrogens is 1. The molecule has 0 radical (unpaired) electrons. The van der Waals surface area contributed by atoms with E-state index >= 15 is 0 Å². The van der Waals surface area contributed by atoms with Crippen LogP contribution in [-0.4, -0.2) is 45.2 Å². The minimum Gasteiger partial charge on any atom is -0.438 e. The maximum Gasteiger partial charge on any atom is 0.334 e. The molecule has 0 atom stereocenters. The standard InChI is InChI=1S/C15H22ClN2O4S/c1-15(2,3)14-17-11-8-7-10(16)13(12(11)22-14)23(19,20)18(4,5)9-21-6/h7-8H,9H2,1-6H3/q+1. The Bertz CT molecular complexity index is 835. The number of hydrogen-bond acceptors (Lipinski definition) is 5. The second-order valence-electron chi connectivity index (χ2n) is 6.96. The van der Waals surface area contributed by atoms with Crippen LogP contribution in [0.25, 0.3) is 11.1 Å². The number of hydrogen-bond donors (Lipinski definition) is 0. The lowest BCUT2D eigenvalue weighted by atomic mass is 9.97. The largest absolute Gasteiger partial charge is 0.438 e. The van der Waals surface area contributed by atoms with Crippen LogP contribution in [0.3, 0.4) is 0 Å². The summed E-state index contributed by atoms with van der Waals surface area (Å²) in [5.74, 6) is 0.461. The van der Waals surface area contributed by atoms with Crippen LogP contribution < -0.4 is 0 Å². The Morgan fingerprint density at radius 2 is 1.91 bits per heavy atom. The zero-order valence-corrected chi connectivity index (χ0v) is 15.7. The first-order chi connectivity index (χ1) is 10.4. The van der Waals surface area contributed by atoms with E-state index in [0.717, 1.165) is 0 Å². The average molecular weight is 362 g/mol. The van der Waals surface area contributed by atoms with E-state index in [9.17, 15) is 8.42 Å². The van der Waals surface area contributed by atoms with Gasteiger partial charge in [0.25, 0.3) is 0 Å². The highest BCUT2D eigenvalue weighted by Gasteiger charge is 2.40. The summed E-state index contributed by atoms with van der Waals surface area (Å²) in [6.07, 6.45) is 0. The molecule has 0 N–H and O–H groups in total. The summed E-state index contributed by atoms with van der Waals surface area (Å²) in [7, 11) is 0.678. The van der Waals surface area contributed by atoms with Crippen LogP contribution >= 0.6 is 11.6 Å². The highest BCUT2D eigenvalue weighted by atomic mass is 35.5. The number of sulfonamides is 1. The molecule has 8 heteroatoms. The summed E-state index contributed by atoms with van der Waals surface area (Å²) in [5.41, 5.74) is 0.309. The second-order valence-corrected chi connectivity index (χ2v) is 9.71. The number of nitrogens with zero attached hydrogens (tertiary/aromatic N) is 2. The maximum absolute atomic E-state index is 13.1. The summed E-state index contributed by atoms with van der Waals surface area (Å²) in [5, 5.41) is 0.108. The van der Waals surface area contributed by atoms with E-state index in [1.54, 1.807) is 6.07 Å². The molecule has 2 rings (SSSR count). The molecule has 0 saturated heterocycles. The third-order valence-corrected chi connectivity index (χ3v) is 6.21. The van der Waals surface area contributed by atoms with Crippen molar-refractivity contribution < 1.29 is 21.5 Å². The molecule has 0 aliphatic rings. The fraction of sp³-hybridized carbons (Fsp3) is 0.533. The molecular weight excluding hydrogens is 340 g/mol. The van der Waals surface area contributed by atoms with Gasteiger partial charge in [-0.1, -0.05) is 32.4 Å². The zero-order chi connectivity index (χ0) is 17.6. The first kappa shape index (κ1) is 18.2. The average Bonchev–Trinajstić information content (AvgIpc) is 2.81. The van der Waals surface area contributed by atoms with Gasteiger partial charge in [-0.05, 0) is 12.1 Å². The zero-order valence-electron chi connectivity index (χ0n) is 14.2. The first-order valence-corrected chi connectivity index (χ1v) is 8.90. The van der Waals surface area contributed by atoms with Crippen LogP contribution in [0.2, 0.25) is 5.02 Å². The van der Waals surface area contributed by atoms with E-state index in [2.05, 4.69) is 4.98 Å². The quantitative estimate of drug-likeness (QED) is 0.618. The van der Waals surface area contributed by atoms with Crippen molar-refractivity contribution in [2.45, 2.75) is 31.1 Å². The highest BCUT2D eigenvalue weighted by molar-refractivity contribution is 7.86. The van der Waals surface area contributed by atoms with Gasteiger partial charge in [0.1, 0.15) is 5.52 Å². The Morgan fingerprint density at radius 1 is 1.30 bits per heavy atom. The van der Waals surface area contributed by atoms with Crippen LogP contribution in [0, 0.1) is 0 Å². The molecule has 0 aliphatic heterocycles. The molecule has 2 aromatic rings. The van der Waals surface area contributed by atoms with Crippen LogP contribution in [0.1, 0.15) is 26.7 Å². The number of ether oxygens (including phenoxy) is 1. The molecule has 0 spiro atoms. The van der Waals surface area contributed by atoms with Gasteiger partial charge in [0, 0.05) is 12.5 Å². The Hall–Kier alpha value is -1.15. The van der Waals surface area contributed by atoms with Crippen molar-refractivity contribution in [3.05, 3.63) is 23.0 Å². The van der Waals surface area contributed by atoms with Gasteiger partial charge in [-0.25, -0.2) is 4.98 Å². The van der Waals surface area contributed by atoms with Crippen molar-refractivity contribution in [1.29, 1.82) is 0 Å². The molecule has 0 amide bonds. The Kier molecular flexibility index (Phi) is 4.54. The third kappa shape index (κ3) is 3.10. The van der Waals surface area contributed by atoms with Crippen molar-refractivity contribution in [2.75, 3.05) is 27.9 Å². The molecule has 0 aliphatic carbocycles. The van der Waals surface area contributed by atoms with Gasteiger partial charge in [0.2, 0.25) is 5.89 Å². The van der Waals surface area contributed by atoms with Crippen LogP contribution in [0.15, 0.2) is 21.4 Å². The fourth-order valence-electron chi connectivity index (χ4n) is 2.13. The molecule has 0 fully saturated rings. The van der Waals surface area contributed by atoms with Crippen molar-refractivity contribution in [1.82, 2.24) is 4.98 Å². The Balaban J connectivity index is 2.79. The molecular formula is C15H22ClN2O4S+. The first-order valence-electron chi connectivity index (χ1n) is 7.08. The minimum atomic E-state index is -3.84. The van der Waals surface area contributed by atoms with Gasteiger partial charge in [-0.3, -0.25) is 0 Å². The molecule has 0 unspecified atom stereocenters. The lowest BCUT2D eigenvalue weighted by Gasteiger charge is -2.27. The molecule has 6 nitrogen and oxygen atoms in total. The van der Waals surface area contributed by atoms with E-state index in [1.165, 1.54) is 27.3 Å². The van der Waals surface area contributed by atoms with Crippen molar-refractivity contribution in [3.8, 4) is 0 Å². The predicted molar refractivity (Wildman–Crippen MR) is 88.9 cm³/mol. The number of rotatable bonds is 4. The third-order valence-electron chi connectivity index (χ3n) is 3.45. The number of halogens is 1. The number of benzene rings is 1. The van der Waals surface area contributed by atoms with E-state index in [-0.39, 0.29) is 27.6 Å². The van der Waals surface area contributed by atoms with Gasteiger partial charge in [0.05, 0.1) is 19.1 Å². The highest BCUT2D eigenvalue weighted by Crippen LogP contribution is 2.36. The normalized spacial score (nSPS) is 13.7. The predicted octanol–water partition coefficient (Wildman–Crippen LogP) is 3.15. The van der Waals surface area contributed by atoms with Crippen LogP contribution in [-0.2, 0) is 20.2 Å². The number of oxazole rings is 1. The van der Waals surface area contributed by atoms with E-state index in [0.29, 0.717) is 11.4 Å². The van der Waals surface area contributed by atoms with Crippen LogP contribution in [0.5, 0.6) is 0 Å². The lowest BCUT2D eigenvalue weighted by molar-refractivity contribution is -0.786. The summed E-state index contributed by atoms with van der Waals surface area (Å²) in [6, 6.07) is 3.18. The van der Waals surface area contributed by atoms with E-state index < -0.39 is 13.9 Å². The van der Waals surface area contributed by atoms with E-state index in [1.807, 2.05) is 20.8 Å². The Morgan fingerprint density at radius 3 is 2.43 bits per heavy atom. The number of aromatic nitrogens is 1. The molecule has 23 heavy (non-hydrogen) atoms. The van der Waals surface area contributed by atoms with Gasteiger partial charge in [-0.15, -0.1) is 0 Å². The van der Waals surface area contributed by atoms with Gasteiger partial charge in [-0.2, -0.15) is 12.3 Å². The van der Waals surface area contributed by atoms with Crippen molar-refractivity contribution in [2.24, 2.45) is 0 Å². The smallest absolute Gasteiger partial charge is 0.334 e. The molecule has 0 saturated carbocycles. The van der Waals surface area contributed by atoms with E-state index in [4.69, 9.17) is 20.8 Å². The van der Waals surface area contributed by atoms with Crippen molar-refractivity contribution >= 4 is 32.7 Å². The molecule has 1 aromatic heterocycles. The molecule has 0 bridgehead atoms. The maximum atomic E-state index is 13.1. The second kappa shape index (κ2) is 5.73. The topological polar surface area (TPSA) is 69.4 Å². The SMILES string of the molecule is COC[N+](C)(C)S(=O)(=O)c1c(Cl)ccc2nc(C(C)(C)C)oc12.